The summed E-state index contributed by atoms with van der Waals surface area (Å²) >= 11 is 5.92. The normalized spacial score (nSPS) is 10.4. The van der Waals surface area contributed by atoms with E-state index in [2.05, 4.69) is 4.98 Å². The van der Waals surface area contributed by atoms with Gasteiger partial charge in [0.25, 0.3) is 0 Å². The Morgan fingerprint density at radius 2 is 1.87 bits per heavy atom. The van der Waals surface area contributed by atoms with Gasteiger partial charge >= 0.3 is 0 Å². The Balaban J connectivity index is 1.96. The van der Waals surface area contributed by atoms with E-state index in [9.17, 15) is 9.18 Å². The molecule has 3 aromatic rings. The van der Waals surface area contributed by atoms with Crippen LogP contribution >= 0.6 is 11.6 Å². The van der Waals surface area contributed by atoms with E-state index in [1.807, 2.05) is 0 Å². The zero-order chi connectivity index (χ0) is 21.5. The summed E-state index contributed by atoms with van der Waals surface area (Å²) in [6.45, 7) is 0.538. The number of carbonyl (C=O) groups excluding carboxylic acids is 1. The summed E-state index contributed by atoms with van der Waals surface area (Å²) in [5.74, 6) is 1.38. The number of hydrogen-bond acceptors (Lipinski definition) is 5. The number of amides is 1. The van der Waals surface area contributed by atoms with Crippen LogP contribution in [-0.4, -0.2) is 24.9 Å². The summed E-state index contributed by atoms with van der Waals surface area (Å²) in [5.41, 5.74) is 1.03. The zero-order valence-corrected chi connectivity index (χ0v) is 17.2. The highest BCUT2D eigenvalue weighted by molar-refractivity contribution is 6.30. The summed E-state index contributed by atoms with van der Waals surface area (Å²) in [5, 5.41) is 0.576. The number of carbonyl (C=O) groups is 1. The monoisotopic (exact) mass is 429 g/mol. The van der Waals surface area contributed by atoms with Crippen molar-refractivity contribution in [2.24, 2.45) is 0 Å². The van der Waals surface area contributed by atoms with Gasteiger partial charge in [-0.1, -0.05) is 11.6 Å². The fraction of sp³-hybridized carbons (Fsp3) is 0.182. The number of nitrogens with zero attached hydrogens (tertiary/aromatic N) is 2. The molecule has 0 atom stereocenters. The number of ether oxygens (including phenoxy) is 3. The van der Waals surface area contributed by atoms with Gasteiger partial charge in [0, 0.05) is 23.7 Å². The molecule has 0 aliphatic heterocycles. The summed E-state index contributed by atoms with van der Waals surface area (Å²) in [6.07, 6.45) is 1.57. The van der Waals surface area contributed by atoms with Gasteiger partial charge in [-0.05, 0) is 54.6 Å². The fourth-order valence-electron chi connectivity index (χ4n) is 2.82. The van der Waals surface area contributed by atoms with Gasteiger partial charge in [-0.15, -0.1) is 0 Å². The van der Waals surface area contributed by atoms with Crippen molar-refractivity contribution in [3.63, 3.8) is 0 Å². The molecule has 0 unspecified atom stereocenters. The van der Waals surface area contributed by atoms with E-state index < -0.39 is 6.86 Å². The molecule has 30 heavy (non-hydrogen) atoms. The van der Waals surface area contributed by atoms with Crippen LogP contribution in [0.3, 0.4) is 0 Å². The van der Waals surface area contributed by atoms with Crippen molar-refractivity contribution in [2.45, 2.75) is 13.5 Å². The molecule has 0 N–H and O–H groups in total. The molecule has 0 saturated heterocycles. The molecule has 0 fully saturated rings. The molecule has 156 valence electrons. The summed E-state index contributed by atoms with van der Waals surface area (Å²) in [7, 11) is 1.52. The topological polar surface area (TPSA) is 60.9 Å². The average Bonchev–Trinajstić information content (AvgIpc) is 2.75. The Hall–Kier alpha value is -3.32. The summed E-state index contributed by atoms with van der Waals surface area (Å²) < 4.78 is 29.0. The number of hydrogen-bond donors (Lipinski definition) is 0. The van der Waals surface area contributed by atoms with E-state index in [1.165, 1.54) is 18.9 Å². The molecule has 1 heterocycles. The number of methoxy groups -OCH3 is 1. The number of alkyl halides is 1. The maximum atomic E-state index is 12.8. The first-order chi connectivity index (χ1) is 14.5. The number of benzene rings is 2. The number of anilines is 1. The maximum absolute atomic E-state index is 12.8. The molecule has 0 bridgehead atoms. The maximum Gasteiger partial charge on any atom is 0.243 e. The molecule has 3 rings (SSSR count). The van der Waals surface area contributed by atoms with Crippen molar-refractivity contribution in [1.82, 2.24) is 4.98 Å². The summed E-state index contributed by atoms with van der Waals surface area (Å²) in [4.78, 5) is 18.2. The second-order valence-corrected chi connectivity index (χ2v) is 6.65. The van der Waals surface area contributed by atoms with E-state index in [4.69, 9.17) is 25.8 Å². The van der Waals surface area contributed by atoms with Crippen LogP contribution in [0.15, 0.2) is 60.8 Å². The van der Waals surface area contributed by atoms with E-state index in [-0.39, 0.29) is 18.3 Å². The van der Waals surface area contributed by atoms with Gasteiger partial charge in [0.05, 0.1) is 13.7 Å². The third-order valence-corrected chi connectivity index (χ3v) is 4.51. The predicted molar refractivity (Wildman–Crippen MR) is 112 cm³/mol. The largest absolute Gasteiger partial charge is 0.497 e. The fourth-order valence-corrected chi connectivity index (χ4v) is 2.95. The molecule has 0 aliphatic carbocycles. The van der Waals surface area contributed by atoms with Crippen molar-refractivity contribution in [1.29, 1.82) is 0 Å². The lowest BCUT2D eigenvalue weighted by Gasteiger charge is -2.24. The molecule has 0 saturated carbocycles. The van der Waals surface area contributed by atoms with Crippen LogP contribution in [0.2, 0.25) is 5.02 Å². The first kappa shape index (κ1) is 21.4. The van der Waals surface area contributed by atoms with E-state index in [0.29, 0.717) is 33.5 Å². The van der Waals surface area contributed by atoms with Crippen LogP contribution in [0.4, 0.5) is 10.1 Å². The lowest BCUT2D eigenvalue weighted by molar-refractivity contribution is -0.116. The zero-order valence-electron chi connectivity index (χ0n) is 16.5. The molecule has 8 heteroatoms. The van der Waals surface area contributed by atoms with Crippen molar-refractivity contribution >= 4 is 23.2 Å². The minimum atomic E-state index is -0.989. The van der Waals surface area contributed by atoms with Gasteiger partial charge in [0.15, 0.2) is 0 Å². The molecule has 2 aromatic carbocycles. The molecule has 6 nitrogen and oxygen atoms in total. The van der Waals surface area contributed by atoms with Crippen LogP contribution < -0.4 is 19.1 Å². The average molecular weight is 430 g/mol. The highest BCUT2D eigenvalue weighted by Crippen LogP contribution is 2.33. The van der Waals surface area contributed by atoms with Gasteiger partial charge in [0.2, 0.25) is 18.6 Å². The minimum absolute atomic E-state index is 0.102. The Labute approximate surface area is 178 Å². The minimum Gasteiger partial charge on any atom is -0.497 e. The molecular formula is C22H20ClFN2O4. The number of aromatic nitrogens is 1. The first-order valence-corrected chi connectivity index (χ1v) is 9.42. The van der Waals surface area contributed by atoms with Gasteiger partial charge in [-0.3, -0.25) is 4.79 Å². The molecule has 1 amide bonds. The molecule has 0 spiro atoms. The predicted octanol–water partition coefficient (Wildman–Crippen LogP) is 5.39. The van der Waals surface area contributed by atoms with Crippen molar-refractivity contribution in [3.05, 3.63) is 71.4 Å². The lowest BCUT2D eigenvalue weighted by atomic mass is 10.1. The Morgan fingerprint density at radius 1 is 1.13 bits per heavy atom. The smallest absolute Gasteiger partial charge is 0.243 e. The van der Waals surface area contributed by atoms with Gasteiger partial charge in [-0.25, -0.2) is 9.37 Å². The van der Waals surface area contributed by atoms with Crippen molar-refractivity contribution < 1.29 is 23.4 Å². The van der Waals surface area contributed by atoms with Crippen molar-refractivity contribution in [3.8, 4) is 23.1 Å². The molecular weight excluding hydrogens is 410 g/mol. The number of rotatable bonds is 8. The van der Waals surface area contributed by atoms with Crippen LogP contribution in [0.5, 0.6) is 23.1 Å². The highest BCUT2D eigenvalue weighted by atomic mass is 35.5. The quantitative estimate of drug-likeness (QED) is 0.480. The Kier molecular flexibility index (Phi) is 7.08. The standard InChI is InChI=1S/C22H20ClFN2O4/c1-15(27)26(13-16-12-19(28-2)9-10-21(16)29-14-24)20-4-3-11-25-22(20)30-18-7-5-17(23)6-8-18/h3-12H,13-14H2,1-2H3/i24-1. The molecule has 0 radical (unpaired) electrons. The lowest BCUT2D eigenvalue weighted by Crippen LogP contribution is -2.28. The second-order valence-electron chi connectivity index (χ2n) is 6.22. The summed E-state index contributed by atoms with van der Waals surface area (Å²) in [6, 6.07) is 15.2. The van der Waals surface area contributed by atoms with Crippen LogP contribution in [0, 0.1) is 0 Å². The van der Waals surface area contributed by atoms with Gasteiger partial charge in [0.1, 0.15) is 22.9 Å². The Bertz CT molecular complexity index is 1010. The Morgan fingerprint density at radius 3 is 2.53 bits per heavy atom. The van der Waals surface area contributed by atoms with Crippen LogP contribution in [0.25, 0.3) is 0 Å². The van der Waals surface area contributed by atoms with Gasteiger partial charge in [-0.2, -0.15) is 0 Å². The number of halogens is 2. The second kappa shape index (κ2) is 9.93. The molecule has 1 aromatic heterocycles. The van der Waals surface area contributed by atoms with E-state index in [1.54, 1.807) is 60.8 Å². The highest BCUT2D eigenvalue weighted by Gasteiger charge is 2.20. The van der Waals surface area contributed by atoms with Crippen LogP contribution in [0.1, 0.15) is 12.5 Å². The number of pyridine rings is 1. The SMILES string of the molecule is COc1ccc(OC[18F])c(CN(C(C)=O)c2cccnc2Oc2ccc(Cl)cc2)c1. The van der Waals surface area contributed by atoms with Crippen LogP contribution in [-0.2, 0) is 11.3 Å². The third-order valence-electron chi connectivity index (χ3n) is 4.26. The van der Waals surface area contributed by atoms with E-state index in [0.717, 1.165) is 0 Å². The van der Waals surface area contributed by atoms with E-state index >= 15 is 0 Å². The van der Waals surface area contributed by atoms with Gasteiger partial charge < -0.3 is 19.1 Å². The third kappa shape index (κ3) is 5.18. The molecule has 0 aliphatic rings. The first-order valence-electron chi connectivity index (χ1n) is 9.04. The van der Waals surface area contributed by atoms with Crippen molar-refractivity contribution in [2.75, 3.05) is 18.9 Å².